The normalized spacial score (nSPS) is 18.5. The minimum Gasteiger partial charge on any atom is -0.344 e. The first kappa shape index (κ1) is 16.5. The molecule has 1 rings (SSSR count). The third kappa shape index (κ3) is 6.08. The minimum absolute atomic E-state index is 0. The monoisotopic (exact) mass is 260 g/mol. The lowest BCUT2D eigenvalue weighted by molar-refractivity contribution is -0.131. The molecule has 0 aliphatic carbocycles. The summed E-state index contributed by atoms with van der Waals surface area (Å²) in [7, 11) is 1.91. The highest BCUT2D eigenvalue weighted by atomic mass is 35.5. The van der Waals surface area contributed by atoms with Crippen molar-refractivity contribution in [1.82, 2.24) is 10.2 Å². The number of likely N-dealkylation sites (N-methyl/N-ethyl adjacent to an activating group) is 1. The first-order valence-electron chi connectivity index (χ1n) is 6.35. The van der Waals surface area contributed by atoms with Gasteiger partial charge in [-0.3, -0.25) is 4.79 Å². The highest BCUT2D eigenvalue weighted by molar-refractivity contribution is 5.85. The maximum atomic E-state index is 11.9. The van der Waals surface area contributed by atoms with Crippen LogP contribution in [0.25, 0.3) is 0 Å². The van der Waals surface area contributed by atoms with Gasteiger partial charge >= 0.3 is 0 Å². The van der Waals surface area contributed by atoms with Crippen molar-refractivity contribution in [3.8, 4) is 0 Å². The van der Waals surface area contributed by atoms with Gasteiger partial charge in [-0.1, -0.05) is 12.5 Å². The third-order valence-electron chi connectivity index (χ3n) is 3.14. The molecule has 0 spiro atoms. The zero-order valence-electron chi connectivity index (χ0n) is 10.8. The van der Waals surface area contributed by atoms with E-state index in [9.17, 15) is 4.79 Å². The lowest BCUT2D eigenvalue weighted by atomic mass is 10.1. The minimum atomic E-state index is 0. The number of nitrogens with zero attached hydrogens (tertiary/aromatic N) is 1. The second-order valence-electron chi connectivity index (χ2n) is 4.55. The molecule has 3 nitrogen and oxygen atoms in total. The van der Waals surface area contributed by atoms with Crippen LogP contribution in [0.2, 0.25) is 0 Å². The van der Waals surface area contributed by atoms with E-state index in [1.807, 2.05) is 18.0 Å². The Morgan fingerprint density at radius 3 is 2.82 bits per heavy atom. The first-order chi connectivity index (χ1) is 7.75. The van der Waals surface area contributed by atoms with Crippen LogP contribution in [0.5, 0.6) is 0 Å². The van der Waals surface area contributed by atoms with Gasteiger partial charge in [-0.05, 0) is 38.6 Å². The number of unbranched alkanes of at least 4 members (excludes halogenated alkanes) is 3. The Morgan fingerprint density at radius 1 is 1.47 bits per heavy atom. The van der Waals surface area contributed by atoms with Gasteiger partial charge in [0, 0.05) is 13.6 Å². The molecule has 1 amide bonds. The van der Waals surface area contributed by atoms with Gasteiger partial charge in [0.15, 0.2) is 0 Å². The zero-order chi connectivity index (χ0) is 11.8. The van der Waals surface area contributed by atoms with Gasteiger partial charge in [-0.2, -0.15) is 0 Å². The molecule has 100 valence electrons. The van der Waals surface area contributed by atoms with E-state index in [1.54, 1.807) is 0 Å². The molecule has 1 saturated heterocycles. The van der Waals surface area contributed by atoms with Gasteiger partial charge in [0.05, 0.1) is 6.04 Å². The molecule has 1 fully saturated rings. The van der Waals surface area contributed by atoms with Crippen LogP contribution in [-0.2, 0) is 4.79 Å². The SMILES string of the molecule is C=CCCCCCN(C)C(=O)C1CCCN1.Cl. The van der Waals surface area contributed by atoms with Gasteiger partial charge in [-0.15, -0.1) is 19.0 Å². The van der Waals surface area contributed by atoms with Gasteiger partial charge in [0.25, 0.3) is 0 Å². The highest BCUT2D eigenvalue weighted by Gasteiger charge is 2.24. The van der Waals surface area contributed by atoms with Crippen LogP contribution < -0.4 is 5.32 Å². The number of hydrogen-bond donors (Lipinski definition) is 1. The lowest BCUT2D eigenvalue weighted by Gasteiger charge is -2.21. The molecular formula is C13H25ClN2O. The molecule has 0 aromatic rings. The van der Waals surface area contributed by atoms with Crippen molar-refractivity contribution in [1.29, 1.82) is 0 Å². The fourth-order valence-electron chi connectivity index (χ4n) is 2.09. The number of nitrogens with one attached hydrogen (secondary N) is 1. The van der Waals surface area contributed by atoms with Gasteiger partial charge in [0.1, 0.15) is 0 Å². The average Bonchev–Trinajstić information content (AvgIpc) is 2.81. The molecule has 17 heavy (non-hydrogen) atoms. The second kappa shape index (κ2) is 9.49. The topological polar surface area (TPSA) is 32.3 Å². The van der Waals surface area contributed by atoms with E-state index in [0.717, 1.165) is 38.8 Å². The van der Waals surface area contributed by atoms with Crippen molar-refractivity contribution < 1.29 is 4.79 Å². The summed E-state index contributed by atoms with van der Waals surface area (Å²) in [5.41, 5.74) is 0. The summed E-state index contributed by atoms with van der Waals surface area (Å²) >= 11 is 0. The van der Waals surface area contributed by atoms with E-state index in [-0.39, 0.29) is 24.4 Å². The Kier molecular flexibility index (Phi) is 9.18. The number of rotatable bonds is 7. The molecular weight excluding hydrogens is 236 g/mol. The van der Waals surface area contributed by atoms with Crippen LogP contribution in [0.4, 0.5) is 0 Å². The van der Waals surface area contributed by atoms with Crippen LogP contribution in [-0.4, -0.2) is 37.0 Å². The maximum Gasteiger partial charge on any atom is 0.239 e. The zero-order valence-corrected chi connectivity index (χ0v) is 11.6. The van der Waals surface area contributed by atoms with E-state index in [4.69, 9.17) is 0 Å². The van der Waals surface area contributed by atoms with E-state index < -0.39 is 0 Å². The quantitative estimate of drug-likeness (QED) is 0.563. The molecule has 0 aromatic heterocycles. The summed E-state index contributed by atoms with van der Waals surface area (Å²) in [6, 6.07) is 0.0816. The van der Waals surface area contributed by atoms with Crippen LogP contribution >= 0.6 is 12.4 Å². The third-order valence-corrected chi connectivity index (χ3v) is 3.14. The molecule has 0 bridgehead atoms. The lowest BCUT2D eigenvalue weighted by Crippen LogP contribution is -2.41. The summed E-state index contributed by atoms with van der Waals surface area (Å²) in [6.07, 6.45) is 8.64. The Hall–Kier alpha value is -0.540. The molecule has 1 heterocycles. The summed E-state index contributed by atoms with van der Waals surface area (Å²) in [5, 5.41) is 3.24. The molecule has 1 aliphatic heterocycles. The van der Waals surface area contributed by atoms with Crippen molar-refractivity contribution >= 4 is 18.3 Å². The Labute approximate surface area is 111 Å². The number of carbonyl (C=O) groups is 1. The summed E-state index contributed by atoms with van der Waals surface area (Å²) in [5.74, 6) is 0.265. The summed E-state index contributed by atoms with van der Waals surface area (Å²) < 4.78 is 0. The number of carbonyl (C=O) groups excluding carboxylic acids is 1. The van der Waals surface area contributed by atoms with Gasteiger partial charge in [-0.25, -0.2) is 0 Å². The van der Waals surface area contributed by atoms with E-state index in [1.165, 1.54) is 12.8 Å². The highest BCUT2D eigenvalue weighted by Crippen LogP contribution is 2.09. The van der Waals surface area contributed by atoms with E-state index in [2.05, 4.69) is 11.9 Å². The predicted molar refractivity (Wildman–Crippen MR) is 74.6 cm³/mol. The van der Waals surface area contributed by atoms with Crippen LogP contribution in [0.1, 0.15) is 38.5 Å². The molecule has 1 unspecified atom stereocenters. The van der Waals surface area contributed by atoms with Crippen molar-refractivity contribution in [2.75, 3.05) is 20.1 Å². The largest absolute Gasteiger partial charge is 0.344 e. The Balaban J connectivity index is 0.00000256. The first-order valence-corrected chi connectivity index (χ1v) is 6.35. The molecule has 0 saturated carbocycles. The number of hydrogen-bond acceptors (Lipinski definition) is 2. The molecule has 1 aliphatic rings. The maximum absolute atomic E-state index is 11.9. The van der Waals surface area contributed by atoms with Gasteiger partial charge < -0.3 is 10.2 Å². The standard InChI is InChI=1S/C13H24N2O.ClH/c1-3-4-5-6-7-11-15(2)13(16)12-9-8-10-14-12;/h3,12,14H,1,4-11H2,2H3;1H. The predicted octanol–water partition coefficient (Wildman–Crippen LogP) is 2.37. The second-order valence-corrected chi connectivity index (χ2v) is 4.55. The number of amides is 1. The van der Waals surface area contributed by atoms with E-state index >= 15 is 0 Å². The average molecular weight is 261 g/mol. The molecule has 4 heteroatoms. The summed E-state index contributed by atoms with van der Waals surface area (Å²) in [4.78, 5) is 13.8. The van der Waals surface area contributed by atoms with Gasteiger partial charge in [0.2, 0.25) is 5.91 Å². The van der Waals surface area contributed by atoms with Crippen molar-refractivity contribution in [2.45, 2.75) is 44.6 Å². The van der Waals surface area contributed by atoms with Crippen molar-refractivity contribution in [3.05, 3.63) is 12.7 Å². The number of allylic oxidation sites excluding steroid dienone is 1. The van der Waals surface area contributed by atoms with Crippen molar-refractivity contribution in [3.63, 3.8) is 0 Å². The molecule has 0 aromatic carbocycles. The van der Waals surface area contributed by atoms with Crippen LogP contribution in [0, 0.1) is 0 Å². The fourth-order valence-corrected chi connectivity index (χ4v) is 2.09. The molecule has 1 atom stereocenters. The Morgan fingerprint density at radius 2 is 2.24 bits per heavy atom. The Bertz CT molecular complexity index is 227. The summed E-state index contributed by atoms with van der Waals surface area (Å²) in [6.45, 7) is 5.57. The fraction of sp³-hybridized carbons (Fsp3) is 0.769. The van der Waals surface area contributed by atoms with Crippen LogP contribution in [0.3, 0.4) is 0 Å². The van der Waals surface area contributed by atoms with E-state index in [0.29, 0.717) is 0 Å². The smallest absolute Gasteiger partial charge is 0.239 e. The van der Waals surface area contributed by atoms with Crippen LogP contribution in [0.15, 0.2) is 12.7 Å². The molecule has 1 N–H and O–H groups in total. The number of halogens is 1. The molecule has 0 radical (unpaired) electrons. The van der Waals surface area contributed by atoms with Crippen molar-refractivity contribution in [2.24, 2.45) is 0 Å².